The maximum atomic E-state index is 11.4. The maximum absolute atomic E-state index is 11.4. The molecule has 0 unspecified atom stereocenters. The molecule has 0 saturated heterocycles. The lowest BCUT2D eigenvalue weighted by molar-refractivity contribution is -0.123. The summed E-state index contributed by atoms with van der Waals surface area (Å²) >= 11 is 6.99. The van der Waals surface area contributed by atoms with Crippen LogP contribution in [-0.4, -0.2) is 24.6 Å². The van der Waals surface area contributed by atoms with Crippen LogP contribution in [0.5, 0.6) is 5.75 Å². The first-order valence-electron chi connectivity index (χ1n) is 6.85. The summed E-state index contributed by atoms with van der Waals surface area (Å²) in [6.07, 6.45) is 0. The molecule has 118 valence electrons. The highest BCUT2D eigenvalue weighted by Crippen LogP contribution is 2.34. The number of rotatable bonds is 6. The van der Waals surface area contributed by atoms with Crippen molar-refractivity contribution in [2.45, 2.75) is 39.8 Å². The third-order valence-corrected chi connectivity index (χ3v) is 3.78. The maximum Gasteiger partial charge on any atom is 0.257 e. The van der Waals surface area contributed by atoms with Crippen molar-refractivity contribution in [3.63, 3.8) is 0 Å². The van der Waals surface area contributed by atoms with E-state index in [0.29, 0.717) is 12.3 Å². The molecule has 0 fully saturated rings. The number of hydrogen-bond acceptors (Lipinski definition) is 3. The predicted molar refractivity (Wildman–Crippen MR) is 92.6 cm³/mol. The summed E-state index contributed by atoms with van der Waals surface area (Å²) in [5, 5.41) is 6.13. The first-order valence-corrected chi connectivity index (χ1v) is 8.44. The quantitative estimate of drug-likeness (QED) is 0.737. The van der Waals surface area contributed by atoms with E-state index in [1.165, 1.54) is 0 Å². The highest BCUT2D eigenvalue weighted by atomic mass is 79.9. The Balaban J connectivity index is 2.73. The van der Waals surface area contributed by atoms with Crippen LogP contribution in [-0.2, 0) is 11.3 Å². The molecule has 6 heteroatoms. The van der Waals surface area contributed by atoms with E-state index in [1.54, 1.807) is 0 Å². The van der Waals surface area contributed by atoms with Crippen molar-refractivity contribution < 1.29 is 9.53 Å². The molecule has 0 aliphatic heterocycles. The molecule has 0 aliphatic carbocycles. The van der Waals surface area contributed by atoms with E-state index in [1.807, 2.05) is 19.1 Å². The monoisotopic (exact) mass is 420 g/mol. The summed E-state index contributed by atoms with van der Waals surface area (Å²) in [5.74, 6) is 0.510. The molecule has 0 bridgehead atoms. The summed E-state index contributed by atoms with van der Waals surface area (Å²) in [7, 11) is 0. The van der Waals surface area contributed by atoms with Gasteiger partial charge in [-0.2, -0.15) is 0 Å². The molecule has 1 aromatic carbocycles. The van der Waals surface area contributed by atoms with E-state index in [2.05, 4.69) is 63.3 Å². The number of nitrogens with one attached hydrogen (secondary N) is 2. The van der Waals surface area contributed by atoms with Gasteiger partial charge in [-0.3, -0.25) is 4.79 Å². The minimum absolute atomic E-state index is 0.00459. The van der Waals surface area contributed by atoms with Crippen LogP contribution in [0.2, 0.25) is 0 Å². The molecular formula is C15H22Br2N2O2. The Morgan fingerprint density at radius 3 is 2.29 bits per heavy atom. The summed E-state index contributed by atoms with van der Waals surface area (Å²) in [4.78, 5) is 11.4. The number of carbonyl (C=O) groups excluding carboxylic acids is 1. The molecule has 0 radical (unpaired) electrons. The van der Waals surface area contributed by atoms with Crippen molar-refractivity contribution in [2.75, 3.05) is 13.2 Å². The van der Waals surface area contributed by atoms with Gasteiger partial charge < -0.3 is 15.4 Å². The molecule has 0 aromatic heterocycles. The average molecular weight is 422 g/mol. The van der Waals surface area contributed by atoms with Gasteiger partial charge in [0.1, 0.15) is 5.75 Å². The minimum Gasteiger partial charge on any atom is -0.481 e. The van der Waals surface area contributed by atoms with Crippen molar-refractivity contribution in [1.29, 1.82) is 0 Å². The molecule has 0 heterocycles. The van der Waals surface area contributed by atoms with Crippen molar-refractivity contribution >= 4 is 37.8 Å². The molecule has 1 rings (SSSR count). The molecular weight excluding hydrogens is 400 g/mol. The van der Waals surface area contributed by atoms with Gasteiger partial charge in [-0.1, -0.05) is 0 Å². The topological polar surface area (TPSA) is 50.4 Å². The Kier molecular flexibility index (Phi) is 7.16. The third-order valence-electron chi connectivity index (χ3n) is 2.60. The largest absolute Gasteiger partial charge is 0.481 e. The van der Waals surface area contributed by atoms with Gasteiger partial charge in [-0.25, -0.2) is 0 Å². The predicted octanol–water partition coefficient (Wildman–Crippen LogP) is 3.61. The number of halogens is 2. The fraction of sp³-hybridized carbons (Fsp3) is 0.533. The molecule has 0 aliphatic rings. The van der Waals surface area contributed by atoms with Gasteiger partial charge in [0.2, 0.25) is 0 Å². The van der Waals surface area contributed by atoms with Gasteiger partial charge in [0, 0.05) is 18.6 Å². The van der Waals surface area contributed by atoms with E-state index in [4.69, 9.17) is 4.74 Å². The lowest BCUT2D eigenvalue weighted by Crippen LogP contribution is -2.35. The second-order valence-corrected chi connectivity index (χ2v) is 7.44. The highest BCUT2D eigenvalue weighted by molar-refractivity contribution is 9.11. The van der Waals surface area contributed by atoms with E-state index in [0.717, 1.165) is 21.1 Å². The van der Waals surface area contributed by atoms with Crippen LogP contribution in [0.1, 0.15) is 33.3 Å². The molecule has 4 nitrogen and oxygen atoms in total. The Morgan fingerprint density at radius 2 is 1.81 bits per heavy atom. The molecule has 1 aromatic rings. The molecule has 2 N–H and O–H groups in total. The van der Waals surface area contributed by atoms with Crippen LogP contribution >= 0.6 is 31.9 Å². The van der Waals surface area contributed by atoms with Crippen molar-refractivity contribution in [1.82, 2.24) is 10.6 Å². The smallest absolute Gasteiger partial charge is 0.257 e. The number of benzene rings is 1. The molecule has 0 spiro atoms. The molecule has 0 atom stereocenters. The normalized spacial score (nSPS) is 11.3. The van der Waals surface area contributed by atoms with Crippen LogP contribution in [0.15, 0.2) is 21.1 Å². The van der Waals surface area contributed by atoms with E-state index < -0.39 is 0 Å². The second-order valence-electron chi connectivity index (χ2n) is 5.73. The summed E-state index contributed by atoms with van der Waals surface area (Å²) in [5.41, 5.74) is 1.20. The third kappa shape index (κ3) is 6.80. The van der Waals surface area contributed by atoms with E-state index >= 15 is 0 Å². The van der Waals surface area contributed by atoms with Gasteiger partial charge in [0.05, 0.1) is 8.95 Å². The van der Waals surface area contributed by atoms with Gasteiger partial charge in [-0.15, -0.1) is 0 Å². The van der Waals surface area contributed by atoms with Crippen molar-refractivity contribution in [3.8, 4) is 5.75 Å². The van der Waals surface area contributed by atoms with Crippen LogP contribution < -0.4 is 15.4 Å². The lowest BCUT2D eigenvalue weighted by Gasteiger charge is -2.21. The fourth-order valence-corrected chi connectivity index (χ4v) is 3.12. The number of hydrogen-bond donors (Lipinski definition) is 2. The van der Waals surface area contributed by atoms with Gasteiger partial charge in [-0.05, 0) is 77.3 Å². The van der Waals surface area contributed by atoms with Gasteiger partial charge in [0.25, 0.3) is 5.91 Å². The Labute approximate surface area is 143 Å². The minimum atomic E-state index is -0.130. The first-order chi connectivity index (χ1) is 9.73. The number of ether oxygens (including phenoxy) is 1. The highest BCUT2D eigenvalue weighted by Gasteiger charge is 2.13. The first kappa shape index (κ1) is 18.5. The standard InChI is InChI=1S/C15H22Br2N2O2/c1-5-18-13(20)9-21-14-11(16)6-10(7-12(14)17)8-19-15(2,3)4/h6-7,19H,5,8-9H2,1-4H3,(H,18,20). The number of carbonyl (C=O) groups is 1. The van der Waals surface area contributed by atoms with Crippen LogP contribution in [0, 0.1) is 0 Å². The zero-order valence-corrected chi connectivity index (χ0v) is 16.0. The van der Waals surface area contributed by atoms with Crippen LogP contribution in [0.4, 0.5) is 0 Å². The van der Waals surface area contributed by atoms with Crippen LogP contribution in [0.3, 0.4) is 0 Å². The Bertz CT molecular complexity index is 476. The summed E-state index contributed by atoms with van der Waals surface area (Å²) in [6.45, 7) is 9.62. The van der Waals surface area contributed by atoms with E-state index in [-0.39, 0.29) is 18.1 Å². The molecule has 0 saturated carbocycles. The lowest BCUT2D eigenvalue weighted by atomic mass is 10.1. The second kappa shape index (κ2) is 8.15. The Morgan fingerprint density at radius 1 is 1.24 bits per heavy atom. The fourth-order valence-electron chi connectivity index (χ4n) is 1.61. The number of likely N-dealkylation sites (N-methyl/N-ethyl adjacent to an activating group) is 1. The number of amides is 1. The molecule has 21 heavy (non-hydrogen) atoms. The van der Waals surface area contributed by atoms with E-state index in [9.17, 15) is 4.79 Å². The van der Waals surface area contributed by atoms with Gasteiger partial charge in [0.15, 0.2) is 6.61 Å². The zero-order valence-electron chi connectivity index (χ0n) is 12.8. The Hall–Kier alpha value is -0.590. The zero-order chi connectivity index (χ0) is 16.0. The molecule has 1 amide bonds. The van der Waals surface area contributed by atoms with Crippen molar-refractivity contribution in [3.05, 3.63) is 26.6 Å². The van der Waals surface area contributed by atoms with Crippen LogP contribution in [0.25, 0.3) is 0 Å². The van der Waals surface area contributed by atoms with Crippen molar-refractivity contribution in [2.24, 2.45) is 0 Å². The van der Waals surface area contributed by atoms with Gasteiger partial charge >= 0.3 is 0 Å². The average Bonchev–Trinajstić information content (AvgIpc) is 2.35. The summed E-state index contributed by atoms with van der Waals surface area (Å²) < 4.78 is 7.21. The SMILES string of the molecule is CCNC(=O)COc1c(Br)cc(CNC(C)(C)C)cc1Br. The summed E-state index contributed by atoms with van der Waals surface area (Å²) in [6, 6.07) is 3.99.